The summed E-state index contributed by atoms with van der Waals surface area (Å²) in [7, 11) is 0. The smallest absolute Gasteiger partial charge is 0.252 e. The molecule has 0 spiro atoms. The van der Waals surface area contributed by atoms with E-state index >= 15 is 0 Å². The molecule has 0 aliphatic carbocycles. The third-order valence-electron chi connectivity index (χ3n) is 4.85. The van der Waals surface area contributed by atoms with Gasteiger partial charge in [0, 0.05) is 29.2 Å². The molecule has 0 saturated heterocycles. The summed E-state index contributed by atoms with van der Waals surface area (Å²) in [5.74, 6) is -0.967. The Bertz CT molecular complexity index is 1190. The molecule has 0 radical (unpaired) electrons. The Morgan fingerprint density at radius 1 is 1.16 bits per heavy atom. The average Bonchev–Trinajstić information content (AvgIpc) is 2.73. The third kappa shape index (κ3) is 5.05. The van der Waals surface area contributed by atoms with Crippen molar-refractivity contribution in [3.8, 4) is 6.07 Å². The molecule has 0 aliphatic rings. The number of hydrogen-bond acceptors (Lipinski definition) is 7. The highest BCUT2D eigenvalue weighted by Crippen LogP contribution is 2.26. The highest BCUT2D eigenvalue weighted by molar-refractivity contribution is 5.99. The van der Waals surface area contributed by atoms with Crippen LogP contribution in [-0.2, 0) is 4.79 Å². The van der Waals surface area contributed by atoms with Crippen LogP contribution in [-0.4, -0.2) is 27.8 Å². The Morgan fingerprint density at radius 2 is 1.94 bits per heavy atom. The second kappa shape index (κ2) is 9.09. The van der Waals surface area contributed by atoms with Crippen molar-refractivity contribution in [1.82, 2.24) is 9.97 Å². The van der Waals surface area contributed by atoms with Crippen molar-refractivity contribution in [2.45, 2.75) is 26.3 Å². The number of aromatic nitrogens is 2. The van der Waals surface area contributed by atoms with Crippen molar-refractivity contribution in [1.29, 1.82) is 5.26 Å². The van der Waals surface area contributed by atoms with Gasteiger partial charge < -0.3 is 22.1 Å². The van der Waals surface area contributed by atoms with Crippen molar-refractivity contribution in [2.24, 2.45) is 17.4 Å². The zero-order chi connectivity index (χ0) is 22.5. The van der Waals surface area contributed by atoms with Gasteiger partial charge in [-0.3, -0.25) is 14.6 Å². The molecule has 1 aromatic carbocycles. The maximum Gasteiger partial charge on any atom is 0.252 e. The number of hydrogen-bond donors (Lipinski definition) is 4. The minimum absolute atomic E-state index is 0.0894. The van der Waals surface area contributed by atoms with E-state index in [0.717, 1.165) is 10.9 Å². The monoisotopic (exact) mass is 417 g/mol. The number of carbonyl (C=O) groups excluding carboxylic acids is 2. The molecule has 2 atom stereocenters. The SMILES string of the molecule is CC(CC(C)C(N)=O)Nc1nc(Nc2ccc3ncccc3c2)c(C(N)=O)cc1C#N. The normalized spacial score (nSPS) is 12.5. The van der Waals surface area contributed by atoms with E-state index in [9.17, 15) is 14.9 Å². The first-order chi connectivity index (χ1) is 14.8. The summed E-state index contributed by atoms with van der Waals surface area (Å²) < 4.78 is 0. The fourth-order valence-corrected chi connectivity index (χ4v) is 3.22. The number of fused-ring (bicyclic) bond motifs is 1. The number of rotatable bonds is 8. The fraction of sp³-hybridized carbons (Fsp3) is 0.227. The summed E-state index contributed by atoms with van der Waals surface area (Å²) in [6, 6.07) is 12.5. The second-order valence-electron chi connectivity index (χ2n) is 7.38. The largest absolute Gasteiger partial charge is 0.369 e. The Kier molecular flexibility index (Phi) is 6.31. The van der Waals surface area contributed by atoms with Crippen LogP contribution in [0.5, 0.6) is 0 Å². The van der Waals surface area contributed by atoms with Crippen LogP contribution in [0, 0.1) is 17.2 Å². The molecule has 2 aromatic heterocycles. The van der Waals surface area contributed by atoms with E-state index in [1.165, 1.54) is 6.07 Å². The summed E-state index contributed by atoms with van der Waals surface area (Å²) in [6.45, 7) is 3.59. The Balaban J connectivity index is 1.95. The Labute approximate surface area is 179 Å². The standard InChI is InChI=1S/C22H23N7O2/c1-12(19(24)30)8-13(2)27-21-15(11-23)10-17(20(25)31)22(29-21)28-16-5-6-18-14(9-16)4-3-7-26-18/h3-7,9-10,12-13H,8H2,1-2H3,(H2,24,30)(H2,25,31)(H2,27,28,29). The predicted octanol–water partition coefficient (Wildman–Crippen LogP) is 2.66. The molecule has 0 aliphatic heterocycles. The van der Waals surface area contributed by atoms with Crippen LogP contribution in [0.2, 0.25) is 0 Å². The lowest BCUT2D eigenvalue weighted by Gasteiger charge is -2.19. The fourth-order valence-electron chi connectivity index (χ4n) is 3.22. The predicted molar refractivity (Wildman–Crippen MR) is 119 cm³/mol. The molecule has 0 bridgehead atoms. The Hall–Kier alpha value is -4.19. The molecule has 9 heteroatoms. The van der Waals surface area contributed by atoms with Crippen molar-refractivity contribution in [2.75, 3.05) is 10.6 Å². The summed E-state index contributed by atoms with van der Waals surface area (Å²) >= 11 is 0. The van der Waals surface area contributed by atoms with E-state index in [1.807, 2.05) is 43.3 Å². The lowest BCUT2D eigenvalue weighted by atomic mass is 10.0. The number of nitrogens with zero attached hydrogens (tertiary/aromatic N) is 3. The minimum atomic E-state index is -0.712. The first-order valence-electron chi connectivity index (χ1n) is 9.71. The number of benzene rings is 1. The Morgan fingerprint density at radius 3 is 2.61 bits per heavy atom. The summed E-state index contributed by atoms with van der Waals surface area (Å²) in [5, 5.41) is 16.7. The van der Waals surface area contributed by atoms with Gasteiger partial charge >= 0.3 is 0 Å². The number of nitriles is 1. The molecule has 0 saturated carbocycles. The summed E-state index contributed by atoms with van der Waals surface area (Å²) in [4.78, 5) is 32.1. The number of nitrogens with one attached hydrogen (secondary N) is 2. The van der Waals surface area contributed by atoms with E-state index in [-0.39, 0.29) is 34.7 Å². The van der Waals surface area contributed by atoms with Gasteiger partial charge in [0.15, 0.2) is 0 Å². The first-order valence-corrected chi connectivity index (χ1v) is 9.71. The van der Waals surface area contributed by atoms with Crippen LogP contribution >= 0.6 is 0 Å². The number of nitrogens with two attached hydrogens (primary N) is 2. The van der Waals surface area contributed by atoms with E-state index in [0.29, 0.717) is 12.1 Å². The van der Waals surface area contributed by atoms with Crippen molar-refractivity contribution < 1.29 is 9.59 Å². The summed E-state index contributed by atoms with van der Waals surface area (Å²) in [5.41, 5.74) is 12.6. The molecule has 3 rings (SSSR count). The zero-order valence-electron chi connectivity index (χ0n) is 17.2. The number of anilines is 3. The first kappa shape index (κ1) is 21.5. The molecule has 9 nitrogen and oxygen atoms in total. The molecule has 158 valence electrons. The van der Waals surface area contributed by atoms with Gasteiger partial charge in [-0.1, -0.05) is 13.0 Å². The maximum absolute atomic E-state index is 12.0. The van der Waals surface area contributed by atoms with Crippen LogP contribution < -0.4 is 22.1 Å². The van der Waals surface area contributed by atoms with Gasteiger partial charge in [0.25, 0.3) is 5.91 Å². The van der Waals surface area contributed by atoms with E-state index in [4.69, 9.17) is 11.5 Å². The third-order valence-corrected chi connectivity index (χ3v) is 4.85. The number of carbonyl (C=O) groups is 2. The average molecular weight is 417 g/mol. The van der Waals surface area contributed by atoms with Crippen molar-refractivity contribution >= 4 is 40.0 Å². The van der Waals surface area contributed by atoms with E-state index in [1.54, 1.807) is 13.1 Å². The molecule has 2 amide bonds. The number of primary amides is 2. The molecule has 3 aromatic rings. The van der Waals surface area contributed by atoms with Gasteiger partial charge in [-0.25, -0.2) is 4.98 Å². The molecule has 2 heterocycles. The second-order valence-corrected chi connectivity index (χ2v) is 7.38. The van der Waals surface area contributed by atoms with E-state index in [2.05, 4.69) is 20.6 Å². The van der Waals surface area contributed by atoms with Gasteiger partial charge in [0.2, 0.25) is 5.91 Å². The highest BCUT2D eigenvalue weighted by Gasteiger charge is 2.19. The van der Waals surface area contributed by atoms with Gasteiger partial charge in [-0.15, -0.1) is 0 Å². The molecule has 6 N–H and O–H groups in total. The van der Waals surface area contributed by atoms with E-state index < -0.39 is 11.8 Å². The van der Waals surface area contributed by atoms with Crippen molar-refractivity contribution in [3.05, 3.63) is 53.7 Å². The molecular weight excluding hydrogens is 394 g/mol. The maximum atomic E-state index is 12.0. The van der Waals surface area contributed by atoms with Gasteiger partial charge in [-0.2, -0.15) is 5.26 Å². The summed E-state index contributed by atoms with van der Waals surface area (Å²) in [6.07, 6.45) is 2.17. The molecule has 0 fully saturated rings. The minimum Gasteiger partial charge on any atom is -0.369 e. The topological polar surface area (TPSA) is 160 Å². The van der Waals surface area contributed by atoms with Crippen LogP contribution in [0.1, 0.15) is 36.2 Å². The molecule has 31 heavy (non-hydrogen) atoms. The van der Waals surface area contributed by atoms with Crippen LogP contribution in [0.25, 0.3) is 10.9 Å². The van der Waals surface area contributed by atoms with Gasteiger partial charge in [-0.05, 0) is 43.7 Å². The highest BCUT2D eigenvalue weighted by atomic mass is 16.1. The quantitative estimate of drug-likeness (QED) is 0.438. The number of pyridine rings is 2. The lowest BCUT2D eigenvalue weighted by Crippen LogP contribution is -2.28. The lowest BCUT2D eigenvalue weighted by molar-refractivity contribution is -0.121. The zero-order valence-corrected chi connectivity index (χ0v) is 17.2. The van der Waals surface area contributed by atoms with Crippen molar-refractivity contribution in [3.63, 3.8) is 0 Å². The van der Waals surface area contributed by atoms with Gasteiger partial charge in [0.05, 0.1) is 16.6 Å². The molecule has 2 unspecified atom stereocenters. The van der Waals surface area contributed by atoms with Gasteiger partial charge in [0.1, 0.15) is 17.7 Å². The molecular formula is C22H23N7O2. The van der Waals surface area contributed by atoms with Crippen LogP contribution in [0.15, 0.2) is 42.6 Å². The van der Waals surface area contributed by atoms with Crippen LogP contribution in [0.3, 0.4) is 0 Å². The van der Waals surface area contributed by atoms with Crippen LogP contribution in [0.4, 0.5) is 17.3 Å². The number of amides is 2.